The van der Waals surface area contributed by atoms with E-state index in [1.165, 1.54) is 23.2 Å². The van der Waals surface area contributed by atoms with Gasteiger partial charge in [0.05, 0.1) is 11.9 Å². The molecule has 8 heteroatoms. The highest BCUT2D eigenvalue weighted by Crippen LogP contribution is 2.34. The van der Waals surface area contributed by atoms with Gasteiger partial charge in [0.15, 0.2) is 0 Å². The van der Waals surface area contributed by atoms with Crippen molar-refractivity contribution in [3.8, 4) is 5.00 Å². The summed E-state index contributed by atoms with van der Waals surface area (Å²) in [6.07, 6.45) is 4.99. The summed E-state index contributed by atoms with van der Waals surface area (Å²) < 4.78 is 1.74. The van der Waals surface area contributed by atoms with Crippen molar-refractivity contribution >= 4 is 39.7 Å². The van der Waals surface area contributed by atoms with Crippen LogP contribution in [0.15, 0.2) is 42.0 Å². The standard InChI is InChI=1S/C17H20N6S.BrH/c1-12-5-7-13(8-6-12)9-19-22-16-21-14(17(2,3)4)15(24-16)23-11-18-10-20-23;/h5-11H,1-4H3,(H,21,22);1H/b19-9+;. The summed E-state index contributed by atoms with van der Waals surface area (Å²) in [5, 5.41) is 10.2. The second-order valence-corrected chi connectivity index (χ2v) is 7.52. The zero-order chi connectivity index (χ0) is 17.2. The van der Waals surface area contributed by atoms with Crippen molar-refractivity contribution in [3.05, 3.63) is 53.7 Å². The molecule has 0 unspecified atom stereocenters. The Balaban J connectivity index is 0.00000225. The van der Waals surface area contributed by atoms with Crippen molar-refractivity contribution < 1.29 is 0 Å². The average Bonchev–Trinajstić information content (AvgIpc) is 3.17. The second-order valence-electron chi connectivity index (χ2n) is 6.54. The van der Waals surface area contributed by atoms with E-state index in [4.69, 9.17) is 0 Å². The van der Waals surface area contributed by atoms with Gasteiger partial charge in [0.25, 0.3) is 0 Å². The fourth-order valence-electron chi connectivity index (χ4n) is 2.13. The van der Waals surface area contributed by atoms with Crippen molar-refractivity contribution in [1.82, 2.24) is 19.7 Å². The first-order chi connectivity index (χ1) is 11.4. The van der Waals surface area contributed by atoms with Crippen LogP contribution in [0.4, 0.5) is 5.13 Å². The van der Waals surface area contributed by atoms with Crippen LogP contribution in [-0.4, -0.2) is 26.0 Å². The van der Waals surface area contributed by atoms with Crippen LogP contribution in [0.1, 0.15) is 37.6 Å². The van der Waals surface area contributed by atoms with Crippen LogP contribution in [-0.2, 0) is 5.41 Å². The van der Waals surface area contributed by atoms with E-state index >= 15 is 0 Å². The molecule has 2 heterocycles. The average molecular weight is 421 g/mol. The summed E-state index contributed by atoms with van der Waals surface area (Å²) >= 11 is 1.51. The third-order valence-electron chi connectivity index (χ3n) is 3.40. The summed E-state index contributed by atoms with van der Waals surface area (Å²) in [4.78, 5) is 8.71. The number of aromatic nitrogens is 4. The number of hydrazone groups is 1. The van der Waals surface area contributed by atoms with Crippen LogP contribution in [0.2, 0.25) is 0 Å². The molecular formula is C17H21BrN6S. The topological polar surface area (TPSA) is 68.0 Å². The lowest BCUT2D eigenvalue weighted by Crippen LogP contribution is -2.15. The molecule has 132 valence electrons. The normalized spacial score (nSPS) is 11.5. The van der Waals surface area contributed by atoms with E-state index in [1.807, 2.05) is 12.1 Å². The molecule has 0 amide bonds. The predicted octanol–water partition coefficient (Wildman–Crippen LogP) is 4.35. The van der Waals surface area contributed by atoms with Gasteiger partial charge in [-0.1, -0.05) is 61.9 Å². The number of anilines is 1. The number of halogens is 1. The van der Waals surface area contributed by atoms with Gasteiger partial charge in [-0.3, -0.25) is 5.43 Å². The molecule has 0 saturated carbocycles. The Hall–Kier alpha value is -2.06. The molecule has 0 fully saturated rings. The highest BCUT2D eigenvalue weighted by Gasteiger charge is 2.24. The van der Waals surface area contributed by atoms with Gasteiger partial charge >= 0.3 is 0 Å². The molecule has 2 aromatic heterocycles. The molecule has 3 aromatic rings. The molecule has 0 saturated heterocycles. The lowest BCUT2D eigenvalue weighted by atomic mass is 9.92. The maximum absolute atomic E-state index is 4.69. The summed E-state index contributed by atoms with van der Waals surface area (Å²) in [6.45, 7) is 8.44. The molecule has 0 radical (unpaired) electrons. The lowest BCUT2D eigenvalue weighted by Gasteiger charge is -2.16. The molecule has 1 N–H and O–H groups in total. The van der Waals surface area contributed by atoms with Crippen molar-refractivity contribution in [3.63, 3.8) is 0 Å². The van der Waals surface area contributed by atoms with Gasteiger partial charge in [0.2, 0.25) is 5.13 Å². The lowest BCUT2D eigenvalue weighted by molar-refractivity contribution is 0.567. The van der Waals surface area contributed by atoms with Crippen molar-refractivity contribution in [2.45, 2.75) is 33.1 Å². The second kappa shape index (κ2) is 7.88. The van der Waals surface area contributed by atoms with E-state index in [9.17, 15) is 0 Å². The number of benzene rings is 1. The van der Waals surface area contributed by atoms with E-state index in [0.717, 1.165) is 21.4 Å². The summed E-state index contributed by atoms with van der Waals surface area (Å²) in [5.41, 5.74) is 6.15. The first-order valence-electron chi connectivity index (χ1n) is 7.65. The van der Waals surface area contributed by atoms with Crippen molar-refractivity contribution in [2.75, 3.05) is 5.43 Å². The summed E-state index contributed by atoms with van der Waals surface area (Å²) in [6, 6.07) is 8.18. The van der Waals surface area contributed by atoms with Gasteiger partial charge in [-0.2, -0.15) is 10.2 Å². The van der Waals surface area contributed by atoms with Crippen LogP contribution in [0.5, 0.6) is 0 Å². The van der Waals surface area contributed by atoms with Crippen molar-refractivity contribution in [1.29, 1.82) is 0 Å². The van der Waals surface area contributed by atoms with Crippen LogP contribution < -0.4 is 5.43 Å². The fraction of sp³-hybridized carbons (Fsp3) is 0.294. The quantitative estimate of drug-likeness (QED) is 0.502. The van der Waals surface area contributed by atoms with E-state index in [-0.39, 0.29) is 22.4 Å². The number of nitrogens with zero attached hydrogens (tertiary/aromatic N) is 5. The van der Waals surface area contributed by atoms with E-state index in [0.29, 0.717) is 0 Å². The molecule has 0 spiro atoms. The number of rotatable bonds is 4. The van der Waals surface area contributed by atoms with E-state index in [1.54, 1.807) is 17.2 Å². The molecule has 1 aromatic carbocycles. The minimum atomic E-state index is -0.0988. The largest absolute Gasteiger partial charge is 0.253 e. The number of aryl methyl sites for hydroxylation is 1. The monoisotopic (exact) mass is 420 g/mol. The molecule has 25 heavy (non-hydrogen) atoms. The van der Waals surface area contributed by atoms with E-state index in [2.05, 4.69) is 65.4 Å². The summed E-state index contributed by atoms with van der Waals surface area (Å²) in [5.74, 6) is 0. The molecular weight excluding hydrogens is 400 g/mol. The van der Waals surface area contributed by atoms with Gasteiger partial charge in [0, 0.05) is 5.41 Å². The fourth-order valence-corrected chi connectivity index (χ4v) is 3.19. The first kappa shape index (κ1) is 19.3. The number of thiazole rings is 1. The Kier molecular flexibility index (Phi) is 6.07. The minimum absolute atomic E-state index is 0. The molecule has 0 bridgehead atoms. The molecule has 0 aliphatic heterocycles. The number of nitrogens with one attached hydrogen (secondary N) is 1. The van der Waals surface area contributed by atoms with Crippen LogP contribution in [0.25, 0.3) is 5.00 Å². The number of hydrogen-bond acceptors (Lipinski definition) is 6. The highest BCUT2D eigenvalue weighted by atomic mass is 79.9. The van der Waals surface area contributed by atoms with Gasteiger partial charge in [-0.25, -0.2) is 14.6 Å². The molecule has 3 rings (SSSR count). The van der Waals surface area contributed by atoms with Crippen LogP contribution in [0, 0.1) is 6.92 Å². The molecule has 0 aliphatic rings. The maximum Gasteiger partial charge on any atom is 0.205 e. The zero-order valence-electron chi connectivity index (χ0n) is 14.6. The summed E-state index contributed by atoms with van der Waals surface area (Å²) in [7, 11) is 0. The predicted molar refractivity (Wildman–Crippen MR) is 108 cm³/mol. The van der Waals surface area contributed by atoms with Gasteiger partial charge < -0.3 is 0 Å². The SMILES string of the molecule is Br.Cc1ccc(/C=N/Nc2nc(C(C)(C)C)c(-n3cncn3)s2)cc1. The molecule has 0 aliphatic carbocycles. The van der Waals surface area contributed by atoms with Gasteiger partial charge in [-0.05, 0) is 12.5 Å². The molecule has 0 atom stereocenters. The maximum atomic E-state index is 4.69. The highest BCUT2D eigenvalue weighted by molar-refractivity contribution is 8.93. The van der Waals surface area contributed by atoms with E-state index < -0.39 is 0 Å². The van der Waals surface area contributed by atoms with Gasteiger partial charge in [0.1, 0.15) is 17.7 Å². The Morgan fingerprint density at radius 2 is 1.92 bits per heavy atom. The minimum Gasteiger partial charge on any atom is -0.253 e. The third kappa shape index (κ3) is 4.73. The zero-order valence-corrected chi connectivity index (χ0v) is 17.1. The van der Waals surface area contributed by atoms with Gasteiger partial charge in [-0.15, -0.1) is 17.0 Å². The smallest absolute Gasteiger partial charge is 0.205 e. The van der Waals surface area contributed by atoms with Crippen LogP contribution in [0.3, 0.4) is 0 Å². The number of hydrogen-bond donors (Lipinski definition) is 1. The third-order valence-corrected chi connectivity index (χ3v) is 4.35. The van der Waals surface area contributed by atoms with Crippen molar-refractivity contribution in [2.24, 2.45) is 5.10 Å². The first-order valence-corrected chi connectivity index (χ1v) is 8.47. The Bertz CT molecular complexity index is 831. The Morgan fingerprint density at radius 3 is 2.52 bits per heavy atom. The molecule has 6 nitrogen and oxygen atoms in total. The Morgan fingerprint density at radius 1 is 1.20 bits per heavy atom. The Labute approximate surface area is 161 Å². The van der Waals surface area contributed by atoms with Crippen LogP contribution >= 0.6 is 28.3 Å².